The van der Waals surface area contributed by atoms with Gasteiger partial charge in [0.05, 0.1) is 4.88 Å². The van der Waals surface area contributed by atoms with E-state index in [0.717, 1.165) is 17.7 Å². The molecule has 0 bridgehead atoms. The summed E-state index contributed by atoms with van der Waals surface area (Å²) in [5, 5.41) is 11.9. The highest BCUT2D eigenvalue weighted by Gasteiger charge is 2.14. The van der Waals surface area contributed by atoms with E-state index in [1.54, 1.807) is 15.9 Å². The molecule has 0 radical (unpaired) electrons. The van der Waals surface area contributed by atoms with Crippen molar-refractivity contribution in [1.29, 1.82) is 0 Å². The van der Waals surface area contributed by atoms with Gasteiger partial charge in [-0.2, -0.15) is 5.10 Å². The molecule has 0 atom stereocenters. The second-order valence-electron chi connectivity index (χ2n) is 4.50. The minimum atomic E-state index is -0.0333. The Hall–Kier alpha value is -1.47. The average Bonchev–Trinajstić information content (AvgIpc) is 3.07. The Balaban J connectivity index is 2.16. The smallest absolute Gasteiger partial charge is 0.240 e. The molecule has 0 aliphatic rings. The molecule has 7 heteroatoms. The molecule has 0 spiro atoms. The molecule has 0 saturated heterocycles. The molecule has 2 N–H and O–H groups in total. The van der Waals surface area contributed by atoms with Gasteiger partial charge in [0.1, 0.15) is 6.54 Å². The predicted octanol–water partition coefficient (Wildman–Crippen LogP) is 2.97. The first-order valence-electron chi connectivity index (χ1n) is 6.64. The Labute approximate surface area is 127 Å². The first-order chi connectivity index (χ1) is 9.65. The van der Waals surface area contributed by atoms with E-state index in [1.165, 1.54) is 0 Å². The van der Waals surface area contributed by atoms with Crippen LogP contribution in [0.25, 0.3) is 10.7 Å². The summed E-state index contributed by atoms with van der Waals surface area (Å²) in [7, 11) is 0. The standard InChI is InChI=1S/C13H18N4OS2/c1-3-9(4-2)14-11(18)8-17-12(15-16-13(17)19)10-6-5-7-20-10/h5-7,9H,3-4,8H2,1-2H3,(H,14,18)(H,16,19). The molecular formula is C13H18N4OS2. The van der Waals surface area contributed by atoms with Gasteiger partial charge in [-0.05, 0) is 36.5 Å². The highest BCUT2D eigenvalue weighted by atomic mass is 32.1. The first-order valence-corrected chi connectivity index (χ1v) is 7.92. The van der Waals surface area contributed by atoms with Crippen LogP contribution in [-0.2, 0) is 11.3 Å². The summed E-state index contributed by atoms with van der Waals surface area (Å²) < 4.78 is 2.20. The van der Waals surface area contributed by atoms with Crippen LogP contribution in [0.3, 0.4) is 0 Å². The second kappa shape index (κ2) is 6.81. The topological polar surface area (TPSA) is 62.7 Å². The molecule has 0 aromatic carbocycles. The zero-order valence-electron chi connectivity index (χ0n) is 11.5. The molecule has 108 valence electrons. The van der Waals surface area contributed by atoms with E-state index >= 15 is 0 Å². The van der Waals surface area contributed by atoms with Gasteiger partial charge in [-0.25, -0.2) is 0 Å². The normalized spacial score (nSPS) is 10.9. The summed E-state index contributed by atoms with van der Waals surface area (Å²) in [6.07, 6.45) is 1.85. The summed E-state index contributed by atoms with van der Waals surface area (Å²) >= 11 is 6.78. The maximum Gasteiger partial charge on any atom is 0.240 e. The van der Waals surface area contributed by atoms with Crippen molar-refractivity contribution in [3.63, 3.8) is 0 Å². The maximum absolute atomic E-state index is 12.1. The quantitative estimate of drug-likeness (QED) is 0.806. The molecule has 2 rings (SSSR count). The van der Waals surface area contributed by atoms with Gasteiger partial charge in [-0.3, -0.25) is 14.5 Å². The van der Waals surface area contributed by atoms with Gasteiger partial charge < -0.3 is 5.32 Å². The van der Waals surface area contributed by atoms with Crippen LogP contribution in [0.5, 0.6) is 0 Å². The fourth-order valence-electron chi connectivity index (χ4n) is 1.97. The summed E-state index contributed by atoms with van der Waals surface area (Å²) in [5.74, 6) is 0.679. The SMILES string of the molecule is CCC(CC)NC(=O)Cn1c(-c2cccs2)n[nH]c1=S. The van der Waals surface area contributed by atoms with Crippen LogP contribution < -0.4 is 5.32 Å². The largest absolute Gasteiger partial charge is 0.352 e. The number of rotatable bonds is 6. The lowest BCUT2D eigenvalue weighted by atomic mass is 10.2. The Bertz CT molecular complexity index is 611. The lowest BCUT2D eigenvalue weighted by molar-refractivity contribution is -0.122. The van der Waals surface area contributed by atoms with Crippen molar-refractivity contribution in [1.82, 2.24) is 20.1 Å². The average molecular weight is 310 g/mol. The van der Waals surface area contributed by atoms with Gasteiger partial charge >= 0.3 is 0 Å². The number of amides is 1. The van der Waals surface area contributed by atoms with Gasteiger partial charge in [-0.1, -0.05) is 19.9 Å². The van der Waals surface area contributed by atoms with Crippen LogP contribution in [0.1, 0.15) is 26.7 Å². The Morgan fingerprint density at radius 1 is 1.55 bits per heavy atom. The van der Waals surface area contributed by atoms with Crippen LogP contribution in [0.4, 0.5) is 0 Å². The molecule has 0 fully saturated rings. The molecule has 1 amide bonds. The molecule has 0 aliphatic heterocycles. The zero-order valence-corrected chi connectivity index (χ0v) is 13.2. The van der Waals surface area contributed by atoms with E-state index in [4.69, 9.17) is 12.2 Å². The summed E-state index contributed by atoms with van der Waals surface area (Å²) in [4.78, 5) is 13.1. The monoisotopic (exact) mass is 310 g/mol. The lowest BCUT2D eigenvalue weighted by Crippen LogP contribution is -2.36. The minimum Gasteiger partial charge on any atom is -0.352 e. The molecular weight excluding hydrogens is 292 g/mol. The van der Waals surface area contributed by atoms with Crippen LogP contribution in [0.15, 0.2) is 17.5 Å². The van der Waals surface area contributed by atoms with E-state index in [0.29, 0.717) is 10.6 Å². The third kappa shape index (κ3) is 3.34. The van der Waals surface area contributed by atoms with Crippen molar-refractivity contribution in [2.24, 2.45) is 0 Å². The molecule has 20 heavy (non-hydrogen) atoms. The molecule has 5 nitrogen and oxygen atoms in total. The van der Waals surface area contributed by atoms with Crippen LogP contribution >= 0.6 is 23.6 Å². The van der Waals surface area contributed by atoms with E-state index < -0.39 is 0 Å². The van der Waals surface area contributed by atoms with E-state index in [1.807, 2.05) is 17.5 Å². The Morgan fingerprint density at radius 3 is 2.90 bits per heavy atom. The summed E-state index contributed by atoms with van der Waals surface area (Å²) in [6.45, 7) is 4.32. The number of hydrogen-bond acceptors (Lipinski definition) is 4. The zero-order chi connectivity index (χ0) is 14.5. The predicted molar refractivity (Wildman–Crippen MR) is 83.2 cm³/mol. The third-order valence-electron chi connectivity index (χ3n) is 3.15. The number of aromatic nitrogens is 3. The number of hydrogen-bond donors (Lipinski definition) is 2. The van der Waals surface area contributed by atoms with Crippen molar-refractivity contribution in [2.75, 3.05) is 0 Å². The number of nitrogens with zero attached hydrogens (tertiary/aromatic N) is 2. The second-order valence-corrected chi connectivity index (χ2v) is 5.83. The van der Waals surface area contributed by atoms with Gasteiger partial charge in [0.15, 0.2) is 10.6 Å². The molecule has 2 aromatic heterocycles. The van der Waals surface area contributed by atoms with Gasteiger partial charge in [0, 0.05) is 6.04 Å². The number of H-pyrrole nitrogens is 1. The molecule has 2 heterocycles. The van der Waals surface area contributed by atoms with E-state index in [-0.39, 0.29) is 18.5 Å². The number of carbonyl (C=O) groups excluding carboxylic acids is 1. The third-order valence-corrected chi connectivity index (χ3v) is 4.33. The van der Waals surface area contributed by atoms with Gasteiger partial charge in [-0.15, -0.1) is 11.3 Å². The Kier molecular flexibility index (Phi) is 5.08. The number of thiophene rings is 1. The van der Waals surface area contributed by atoms with Crippen LogP contribution in [-0.4, -0.2) is 26.7 Å². The lowest BCUT2D eigenvalue weighted by Gasteiger charge is -2.15. The molecule has 0 unspecified atom stereocenters. The fraction of sp³-hybridized carbons (Fsp3) is 0.462. The number of aromatic amines is 1. The Morgan fingerprint density at radius 2 is 2.30 bits per heavy atom. The molecule has 2 aromatic rings. The first kappa shape index (κ1) is 14.9. The van der Waals surface area contributed by atoms with Crippen molar-refractivity contribution in [3.8, 4) is 10.7 Å². The number of nitrogens with one attached hydrogen (secondary N) is 2. The van der Waals surface area contributed by atoms with Crippen molar-refractivity contribution >= 4 is 29.5 Å². The summed E-state index contributed by atoms with van der Waals surface area (Å²) in [5.41, 5.74) is 0. The maximum atomic E-state index is 12.1. The van der Waals surface area contributed by atoms with Gasteiger partial charge in [0.25, 0.3) is 0 Å². The highest BCUT2D eigenvalue weighted by molar-refractivity contribution is 7.71. The summed E-state index contributed by atoms with van der Waals surface area (Å²) in [6, 6.07) is 4.13. The minimum absolute atomic E-state index is 0.0333. The fourth-order valence-corrected chi connectivity index (χ4v) is 2.89. The van der Waals surface area contributed by atoms with E-state index in [9.17, 15) is 4.79 Å². The highest BCUT2D eigenvalue weighted by Crippen LogP contribution is 2.22. The van der Waals surface area contributed by atoms with Crippen LogP contribution in [0, 0.1) is 4.77 Å². The number of carbonyl (C=O) groups is 1. The molecule has 0 saturated carbocycles. The van der Waals surface area contributed by atoms with E-state index in [2.05, 4.69) is 29.4 Å². The van der Waals surface area contributed by atoms with Gasteiger partial charge in [0.2, 0.25) is 5.91 Å². The van der Waals surface area contributed by atoms with Crippen molar-refractivity contribution < 1.29 is 4.79 Å². The van der Waals surface area contributed by atoms with Crippen molar-refractivity contribution in [3.05, 3.63) is 22.3 Å². The molecule has 0 aliphatic carbocycles. The van der Waals surface area contributed by atoms with Crippen LogP contribution in [0.2, 0.25) is 0 Å². The van der Waals surface area contributed by atoms with Crippen molar-refractivity contribution in [2.45, 2.75) is 39.3 Å².